The zero-order valence-corrected chi connectivity index (χ0v) is 10.6. The molecule has 1 amide bonds. The first kappa shape index (κ1) is 12.6. The van der Waals surface area contributed by atoms with Crippen molar-refractivity contribution in [2.24, 2.45) is 5.92 Å². The van der Waals surface area contributed by atoms with E-state index in [4.69, 9.17) is 4.74 Å². The topological polar surface area (TPSA) is 46.6 Å². The minimum Gasteiger partial charge on any atom is -0.469 e. The largest absolute Gasteiger partial charge is 0.469 e. The van der Waals surface area contributed by atoms with Crippen LogP contribution < -0.4 is 0 Å². The predicted molar refractivity (Wildman–Crippen MR) is 66.7 cm³/mol. The van der Waals surface area contributed by atoms with Crippen LogP contribution in [0.2, 0.25) is 0 Å². The lowest BCUT2D eigenvalue weighted by atomic mass is 9.84. The van der Waals surface area contributed by atoms with E-state index >= 15 is 0 Å². The van der Waals surface area contributed by atoms with Crippen LogP contribution in [0, 0.1) is 5.92 Å². The van der Waals surface area contributed by atoms with E-state index < -0.39 is 0 Å². The Labute approximate surface area is 107 Å². The fourth-order valence-electron chi connectivity index (χ4n) is 2.54. The lowest BCUT2D eigenvalue weighted by Gasteiger charge is -2.37. The molecule has 18 heavy (non-hydrogen) atoms. The van der Waals surface area contributed by atoms with Crippen molar-refractivity contribution in [1.82, 2.24) is 4.90 Å². The summed E-state index contributed by atoms with van der Waals surface area (Å²) >= 11 is 0. The first-order valence-corrected chi connectivity index (χ1v) is 6.03. The molecule has 1 saturated heterocycles. The molecule has 1 fully saturated rings. The lowest BCUT2D eigenvalue weighted by molar-refractivity contribution is -0.153. The molecule has 1 aromatic carbocycles. The van der Waals surface area contributed by atoms with Gasteiger partial charge in [-0.3, -0.25) is 9.59 Å². The highest BCUT2D eigenvalue weighted by molar-refractivity contribution is 5.82. The van der Waals surface area contributed by atoms with Crippen molar-refractivity contribution in [1.29, 1.82) is 0 Å². The first-order valence-electron chi connectivity index (χ1n) is 6.03. The van der Waals surface area contributed by atoms with Crippen LogP contribution in [0.5, 0.6) is 0 Å². The first-order chi connectivity index (χ1) is 8.65. The highest BCUT2D eigenvalue weighted by Gasteiger charge is 2.39. The van der Waals surface area contributed by atoms with Crippen molar-refractivity contribution < 1.29 is 14.3 Å². The van der Waals surface area contributed by atoms with E-state index in [1.165, 1.54) is 7.11 Å². The van der Waals surface area contributed by atoms with Crippen molar-refractivity contribution in [3.8, 4) is 0 Å². The molecule has 0 saturated carbocycles. The standard InChI is InChI=1S/C14H17NO3/c1-15-12(16)9-8-11(14(17)18-2)13(15)10-6-4-3-5-7-10/h3-7,11,13H,8-9H2,1-2H3/t11-,13-/m0/s1. The number of carbonyl (C=O) groups is 2. The summed E-state index contributed by atoms with van der Waals surface area (Å²) in [5.41, 5.74) is 0.975. The van der Waals surface area contributed by atoms with Crippen molar-refractivity contribution in [2.45, 2.75) is 18.9 Å². The Morgan fingerprint density at radius 2 is 2.00 bits per heavy atom. The molecule has 0 bridgehead atoms. The molecule has 4 nitrogen and oxygen atoms in total. The van der Waals surface area contributed by atoms with E-state index in [1.807, 2.05) is 30.3 Å². The summed E-state index contributed by atoms with van der Waals surface area (Å²) in [5.74, 6) is -0.452. The van der Waals surface area contributed by atoms with E-state index in [0.29, 0.717) is 12.8 Å². The molecule has 0 N–H and O–H groups in total. The van der Waals surface area contributed by atoms with Gasteiger partial charge in [-0.25, -0.2) is 0 Å². The third kappa shape index (κ3) is 2.23. The van der Waals surface area contributed by atoms with Crippen LogP contribution in [-0.4, -0.2) is 30.9 Å². The van der Waals surface area contributed by atoms with Crippen LogP contribution in [-0.2, 0) is 14.3 Å². The highest BCUT2D eigenvalue weighted by atomic mass is 16.5. The number of likely N-dealkylation sites (tertiary alicyclic amines) is 1. The monoisotopic (exact) mass is 247 g/mol. The fraction of sp³-hybridized carbons (Fsp3) is 0.429. The molecule has 2 atom stereocenters. The van der Waals surface area contributed by atoms with Crippen LogP contribution in [0.25, 0.3) is 0 Å². The molecule has 2 rings (SSSR count). The molecular weight excluding hydrogens is 230 g/mol. The van der Waals surface area contributed by atoms with Crippen LogP contribution in [0.4, 0.5) is 0 Å². The SMILES string of the molecule is COC(=O)[C@H]1CCC(=O)N(C)[C@H]1c1ccccc1. The Morgan fingerprint density at radius 3 is 2.61 bits per heavy atom. The second-order valence-corrected chi connectivity index (χ2v) is 4.53. The van der Waals surface area contributed by atoms with Gasteiger partial charge in [0.1, 0.15) is 0 Å². The van der Waals surface area contributed by atoms with Crippen molar-refractivity contribution in [2.75, 3.05) is 14.2 Å². The van der Waals surface area contributed by atoms with Gasteiger partial charge >= 0.3 is 5.97 Å². The molecule has 0 radical (unpaired) electrons. The van der Waals surface area contributed by atoms with Gasteiger partial charge in [0.2, 0.25) is 5.91 Å². The van der Waals surface area contributed by atoms with E-state index in [1.54, 1.807) is 11.9 Å². The number of hydrogen-bond acceptors (Lipinski definition) is 3. The summed E-state index contributed by atoms with van der Waals surface area (Å²) < 4.78 is 4.85. The number of methoxy groups -OCH3 is 1. The molecular formula is C14H17NO3. The maximum atomic E-state index is 11.8. The Balaban J connectivity index is 2.35. The van der Waals surface area contributed by atoms with Crippen LogP contribution in [0.15, 0.2) is 30.3 Å². The van der Waals surface area contributed by atoms with Crippen LogP contribution >= 0.6 is 0 Å². The van der Waals surface area contributed by atoms with Gasteiger partial charge in [-0.1, -0.05) is 30.3 Å². The second kappa shape index (κ2) is 5.21. The molecule has 1 aromatic rings. The van der Waals surface area contributed by atoms with E-state index in [2.05, 4.69) is 0 Å². The average Bonchev–Trinajstić information content (AvgIpc) is 2.41. The minimum absolute atomic E-state index is 0.0732. The molecule has 1 aliphatic heterocycles. The summed E-state index contributed by atoms with van der Waals surface area (Å²) in [6, 6.07) is 9.40. The number of benzene rings is 1. The van der Waals surface area contributed by atoms with Crippen molar-refractivity contribution >= 4 is 11.9 Å². The second-order valence-electron chi connectivity index (χ2n) is 4.53. The van der Waals surface area contributed by atoms with Gasteiger partial charge in [-0.05, 0) is 12.0 Å². The summed E-state index contributed by atoms with van der Waals surface area (Å²) in [4.78, 5) is 25.3. The van der Waals surface area contributed by atoms with E-state index in [9.17, 15) is 9.59 Å². The number of rotatable bonds is 2. The zero-order chi connectivity index (χ0) is 13.1. The molecule has 1 heterocycles. The molecule has 1 aliphatic rings. The summed E-state index contributed by atoms with van der Waals surface area (Å²) in [6.07, 6.45) is 0.953. The number of hydrogen-bond donors (Lipinski definition) is 0. The summed E-state index contributed by atoms with van der Waals surface area (Å²) in [5, 5.41) is 0. The highest BCUT2D eigenvalue weighted by Crippen LogP contribution is 2.36. The average molecular weight is 247 g/mol. The summed E-state index contributed by atoms with van der Waals surface area (Å²) in [6.45, 7) is 0. The Hall–Kier alpha value is -1.84. The van der Waals surface area contributed by atoms with Gasteiger partial charge < -0.3 is 9.64 Å². The number of piperidine rings is 1. The van der Waals surface area contributed by atoms with Gasteiger partial charge in [0.25, 0.3) is 0 Å². The quantitative estimate of drug-likeness (QED) is 0.748. The Morgan fingerprint density at radius 1 is 1.33 bits per heavy atom. The fourth-order valence-corrected chi connectivity index (χ4v) is 2.54. The van der Waals surface area contributed by atoms with Gasteiger partial charge in [-0.15, -0.1) is 0 Å². The third-order valence-corrected chi connectivity index (χ3v) is 3.51. The molecule has 0 unspecified atom stereocenters. The number of carbonyl (C=O) groups excluding carboxylic acids is 2. The predicted octanol–water partition coefficient (Wildman–Crippen LogP) is 1.77. The maximum absolute atomic E-state index is 11.8. The number of esters is 1. The smallest absolute Gasteiger partial charge is 0.311 e. The molecule has 4 heteroatoms. The Bertz CT molecular complexity index is 444. The van der Waals surface area contributed by atoms with E-state index in [0.717, 1.165) is 5.56 Å². The van der Waals surface area contributed by atoms with Gasteiger partial charge in [0, 0.05) is 13.5 Å². The van der Waals surface area contributed by atoms with Gasteiger partial charge in [0.15, 0.2) is 0 Å². The maximum Gasteiger partial charge on any atom is 0.311 e. The van der Waals surface area contributed by atoms with Crippen LogP contribution in [0.1, 0.15) is 24.4 Å². The zero-order valence-electron chi connectivity index (χ0n) is 10.6. The Kier molecular flexibility index (Phi) is 3.65. The van der Waals surface area contributed by atoms with E-state index in [-0.39, 0.29) is 23.8 Å². The molecule has 0 aliphatic carbocycles. The lowest BCUT2D eigenvalue weighted by Crippen LogP contribution is -2.43. The minimum atomic E-state index is -0.278. The normalized spacial score (nSPS) is 23.9. The third-order valence-electron chi connectivity index (χ3n) is 3.51. The molecule has 0 spiro atoms. The van der Waals surface area contributed by atoms with Crippen molar-refractivity contribution in [3.63, 3.8) is 0 Å². The molecule has 96 valence electrons. The number of nitrogens with zero attached hydrogens (tertiary/aromatic N) is 1. The summed E-state index contributed by atoms with van der Waals surface area (Å²) in [7, 11) is 3.13. The van der Waals surface area contributed by atoms with Crippen molar-refractivity contribution in [3.05, 3.63) is 35.9 Å². The molecule has 0 aromatic heterocycles. The van der Waals surface area contributed by atoms with Gasteiger partial charge in [0.05, 0.1) is 19.1 Å². The van der Waals surface area contributed by atoms with Crippen LogP contribution in [0.3, 0.4) is 0 Å². The number of amides is 1. The number of ether oxygens (including phenoxy) is 1. The van der Waals surface area contributed by atoms with Gasteiger partial charge in [-0.2, -0.15) is 0 Å².